The molecule has 0 bridgehead atoms. The molecule has 0 saturated carbocycles. The van der Waals surface area contributed by atoms with Gasteiger partial charge in [-0.15, -0.1) is 22.7 Å². The first kappa shape index (κ1) is 10.2. The third-order valence-corrected chi connectivity index (χ3v) is 4.38. The maximum Gasteiger partial charge on any atom is 0.348 e. The molecule has 15 heavy (non-hydrogen) atoms. The van der Waals surface area contributed by atoms with Crippen molar-refractivity contribution < 1.29 is 9.90 Å². The predicted octanol–water partition coefficient (Wildman–Crippen LogP) is 3.07. The standard InChI is InChI=1S/C10H9NO2S2/c1-5-2-3-14-8(5)7-4-6(11)9(15-7)10(12)13/h2-4H,11H2,1H3,(H,12,13). The van der Waals surface area contributed by atoms with Crippen molar-refractivity contribution >= 4 is 34.3 Å². The molecule has 0 aliphatic heterocycles. The molecule has 0 atom stereocenters. The molecule has 0 fully saturated rings. The Bertz CT molecular complexity index is 513. The van der Waals surface area contributed by atoms with Gasteiger partial charge in [0.15, 0.2) is 0 Å². The number of hydrogen-bond acceptors (Lipinski definition) is 4. The monoisotopic (exact) mass is 239 g/mol. The lowest BCUT2D eigenvalue weighted by molar-refractivity contribution is 0.0703. The number of carbonyl (C=O) groups is 1. The number of rotatable bonds is 2. The lowest BCUT2D eigenvalue weighted by Gasteiger charge is -1.92. The van der Waals surface area contributed by atoms with Crippen molar-refractivity contribution in [2.45, 2.75) is 6.92 Å². The number of carboxylic acid groups (broad SMARTS) is 1. The van der Waals surface area contributed by atoms with E-state index in [1.165, 1.54) is 11.3 Å². The normalized spacial score (nSPS) is 10.5. The zero-order valence-electron chi connectivity index (χ0n) is 7.98. The maximum atomic E-state index is 10.8. The number of nitrogen functional groups attached to an aromatic ring is 1. The van der Waals surface area contributed by atoms with Gasteiger partial charge in [-0.25, -0.2) is 4.79 Å². The minimum Gasteiger partial charge on any atom is -0.477 e. The Hall–Kier alpha value is -1.33. The molecule has 0 amide bonds. The lowest BCUT2D eigenvalue weighted by atomic mass is 10.2. The number of nitrogens with two attached hydrogens (primary N) is 1. The molecule has 0 aromatic carbocycles. The number of carboxylic acids is 1. The van der Waals surface area contributed by atoms with Crippen LogP contribution in [0.1, 0.15) is 15.2 Å². The molecule has 2 rings (SSSR count). The molecule has 0 aliphatic rings. The summed E-state index contributed by atoms with van der Waals surface area (Å²) in [5.74, 6) is -0.960. The third kappa shape index (κ3) is 1.75. The van der Waals surface area contributed by atoms with E-state index in [4.69, 9.17) is 10.8 Å². The number of thiophene rings is 2. The van der Waals surface area contributed by atoms with Gasteiger partial charge in [-0.05, 0) is 30.0 Å². The van der Waals surface area contributed by atoms with Crippen LogP contribution in [-0.4, -0.2) is 11.1 Å². The molecule has 78 valence electrons. The molecule has 2 aromatic rings. The largest absolute Gasteiger partial charge is 0.477 e. The van der Waals surface area contributed by atoms with Crippen LogP contribution in [-0.2, 0) is 0 Å². The van der Waals surface area contributed by atoms with E-state index in [0.29, 0.717) is 5.69 Å². The average molecular weight is 239 g/mol. The zero-order chi connectivity index (χ0) is 11.0. The van der Waals surface area contributed by atoms with Crippen LogP contribution in [0.25, 0.3) is 9.75 Å². The molecule has 2 heterocycles. The first-order valence-corrected chi connectivity index (χ1v) is 5.96. The summed E-state index contributed by atoms with van der Waals surface area (Å²) in [5.41, 5.74) is 7.13. The summed E-state index contributed by atoms with van der Waals surface area (Å²) in [6.07, 6.45) is 0. The Balaban J connectivity index is 2.52. The van der Waals surface area contributed by atoms with Crippen molar-refractivity contribution in [3.05, 3.63) is 28.0 Å². The first-order chi connectivity index (χ1) is 7.09. The van der Waals surface area contributed by atoms with Gasteiger partial charge in [0, 0.05) is 9.75 Å². The van der Waals surface area contributed by atoms with Crippen LogP contribution in [0.3, 0.4) is 0 Å². The summed E-state index contributed by atoms with van der Waals surface area (Å²) in [4.78, 5) is 13.1. The van der Waals surface area contributed by atoms with Gasteiger partial charge in [-0.1, -0.05) is 0 Å². The van der Waals surface area contributed by atoms with Gasteiger partial charge in [0.25, 0.3) is 0 Å². The molecule has 0 saturated heterocycles. The SMILES string of the molecule is Cc1ccsc1-c1cc(N)c(C(=O)O)s1. The molecular weight excluding hydrogens is 230 g/mol. The Kier molecular flexibility index (Phi) is 2.50. The second-order valence-corrected chi connectivity index (χ2v) is 5.10. The van der Waals surface area contributed by atoms with Crippen molar-refractivity contribution in [3.8, 4) is 9.75 Å². The summed E-state index contributed by atoms with van der Waals surface area (Å²) < 4.78 is 0. The van der Waals surface area contributed by atoms with Gasteiger partial charge in [-0.3, -0.25) is 0 Å². The molecule has 0 spiro atoms. The summed E-state index contributed by atoms with van der Waals surface area (Å²) in [7, 11) is 0. The van der Waals surface area contributed by atoms with Crippen molar-refractivity contribution in [3.63, 3.8) is 0 Å². The first-order valence-electron chi connectivity index (χ1n) is 4.26. The molecule has 0 unspecified atom stereocenters. The minimum absolute atomic E-state index is 0.220. The summed E-state index contributed by atoms with van der Waals surface area (Å²) in [5, 5.41) is 10.9. The highest BCUT2D eigenvalue weighted by molar-refractivity contribution is 7.22. The van der Waals surface area contributed by atoms with E-state index in [0.717, 1.165) is 15.3 Å². The van der Waals surface area contributed by atoms with Gasteiger partial charge in [0.05, 0.1) is 5.69 Å². The van der Waals surface area contributed by atoms with E-state index >= 15 is 0 Å². The van der Waals surface area contributed by atoms with Gasteiger partial charge >= 0.3 is 5.97 Å². The fourth-order valence-corrected chi connectivity index (χ4v) is 3.34. The summed E-state index contributed by atoms with van der Waals surface area (Å²) in [6.45, 7) is 2.00. The highest BCUT2D eigenvalue weighted by Crippen LogP contribution is 2.37. The fraction of sp³-hybridized carbons (Fsp3) is 0.100. The fourth-order valence-electron chi connectivity index (χ4n) is 1.31. The molecule has 3 nitrogen and oxygen atoms in total. The Morgan fingerprint density at radius 3 is 2.73 bits per heavy atom. The number of hydrogen-bond donors (Lipinski definition) is 2. The number of aromatic carboxylic acids is 1. The molecule has 0 aliphatic carbocycles. The molecular formula is C10H9NO2S2. The highest BCUT2D eigenvalue weighted by Gasteiger charge is 2.15. The smallest absolute Gasteiger partial charge is 0.348 e. The summed E-state index contributed by atoms with van der Waals surface area (Å²) in [6, 6.07) is 3.74. The second-order valence-electron chi connectivity index (χ2n) is 3.13. The third-order valence-electron chi connectivity index (χ3n) is 2.04. The van der Waals surface area contributed by atoms with Crippen LogP contribution in [0.15, 0.2) is 17.5 Å². The average Bonchev–Trinajstić information content (AvgIpc) is 2.71. The quantitative estimate of drug-likeness (QED) is 0.846. The van der Waals surface area contributed by atoms with Crippen LogP contribution in [0.5, 0.6) is 0 Å². The van der Waals surface area contributed by atoms with E-state index in [-0.39, 0.29) is 4.88 Å². The van der Waals surface area contributed by atoms with Crippen molar-refractivity contribution in [1.82, 2.24) is 0 Å². The van der Waals surface area contributed by atoms with E-state index in [1.807, 2.05) is 18.4 Å². The second kappa shape index (κ2) is 3.67. The van der Waals surface area contributed by atoms with Crippen LogP contribution in [0.2, 0.25) is 0 Å². The van der Waals surface area contributed by atoms with E-state index in [9.17, 15) is 4.79 Å². The van der Waals surface area contributed by atoms with E-state index in [2.05, 4.69) is 0 Å². The van der Waals surface area contributed by atoms with Gasteiger partial charge in [-0.2, -0.15) is 0 Å². The highest BCUT2D eigenvalue weighted by atomic mass is 32.1. The van der Waals surface area contributed by atoms with E-state index < -0.39 is 5.97 Å². The summed E-state index contributed by atoms with van der Waals surface area (Å²) >= 11 is 2.82. The van der Waals surface area contributed by atoms with Gasteiger partial charge in [0.1, 0.15) is 4.88 Å². The van der Waals surface area contributed by atoms with E-state index in [1.54, 1.807) is 17.4 Å². The Morgan fingerprint density at radius 2 is 2.27 bits per heavy atom. The van der Waals surface area contributed by atoms with Crippen molar-refractivity contribution in [1.29, 1.82) is 0 Å². The predicted molar refractivity (Wildman–Crippen MR) is 63.7 cm³/mol. The number of anilines is 1. The van der Waals surface area contributed by atoms with Crippen molar-refractivity contribution in [2.24, 2.45) is 0 Å². The minimum atomic E-state index is -0.960. The molecule has 5 heteroatoms. The van der Waals surface area contributed by atoms with Crippen LogP contribution >= 0.6 is 22.7 Å². The van der Waals surface area contributed by atoms with Crippen LogP contribution in [0, 0.1) is 6.92 Å². The van der Waals surface area contributed by atoms with Gasteiger partial charge in [0.2, 0.25) is 0 Å². The van der Waals surface area contributed by atoms with Crippen LogP contribution in [0.4, 0.5) is 5.69 Å². The topological polar surface area (TPSA) is 63.3 Å². The zero-order valence-corrected chi connectivity index (χ0v) is 9.61. The Morgan fingerprint density at radius 1 is 1.53 bits per heavy atom. The number of aryl methyl sites for hydroxylation is 1. The molecule has 3 N–H and O–H groups in total. The lowest BCUT2D eigenvalue weighted by Crippen LogP contribution is -1.96. The maximum absolute atomic E-state index is 10.8. The molecule has 0 radical (unpaired) electrons. The van der Waals surface area contributed by atoms with Gasteiger partial charge < -0.3 is 10.8 Å². The molecule has 2 aromatic heterocycles. The van der Waals surface area contributed by atoms with Crippen LogP contribution < -0.4 is 5.73 Å². The van der Waals surface area contributed by atoms with Crippen molar-refractivity contribution in [2.75, 3.05) is 5.73 Å². The Labute approximate surface area is 94.8 Å².